The summed E-state index contributed by atoms with van der Waals surface area (Å²) in [4.78, 5) is 0. The molecule has 3 N–H and O–H groups in total. The van der Waals surface area contributed by atoms with Crippen molar-refractivity contribution in [2.75, 3.05) is 0 Å². The van der Waals surface area contributed by atoms with Crippen LogP contribution >= 0.6 is 0 Å². The number of unbranched alkanes of at least 4 members (excludes halogenated alkanes) is 1. The van der Waals surface area contributed by atoms with Gasteiger partial charge in [0.2, 0.25) is 0 Å². The van der Waals surface area contributed by atoms with Gasteiger partial charge in [0.1, 0.15) is 0 Å². The minimum Gasteiger partial charge on any atom is -0.271 e. The van der Waals surface area contributed by atoms with Crippen LogP contribution in [-0.2, 0) is 5.41 Å². The summed E-state index contributed by atoms with van der Waals surface area (Å²) in [5, 5.41) is 0. The van der Waals surface area contributed by atoms with Gasteiger partial charge in [-0.1, -0.05) is 49.2 Å². The lowest BCUT2D eigenvalue weighted by molar-refractivity contribution is 0.279. The van der Waals surface area contributed by atoms with E-state index >= 15 is 0 Å². The molecular formula is C17H26N2. The average Bonchev–Trinajstić information content (AvgIpc) is 2.95. The minimum atomic E-state index is 0.233. The molecule has 0 heterocycles. The summed E-state index contributed by atoms with van der Waals surface area (Å²) >= 11 is 0. The van der Waals surface area contributed by atoms with E-state index in [9.17, 15) is 0 Å². The van der Waals surface area contributed by atoms with Crippen LogP contribution < -0.4 is 11.3 Å². The van der Waals surface area contributed by atoms with Gasteiger partial charge in [0.05, 0.1) is 0 Å². The van der Waals surface area contributed by atoms with Gasteiger partial charge < -0.3 is 0 Å². The van der Waals surface area contributed by atoms with E-state index in [1.807, 2.05) is 6.08 Å². The maximum absolute atomic E-state index is 5.88. The number of benzene rings is 1. The van der Waals surface area contributed by atoms with Gasteiger partial charge in [-0.2, -0.15) is 0 Å². The van der Waals surface area contributed by atoms with Crippen LogP contribution in [0.5, 0.6) is 0 Å². The Bertz CT molecular complexity index is 380. The third-order valence-electron chi connectivity index (χ3n) is 4.61. The summed E-state index contributed by atoms with van der Waals surface area (Å²) < 4.78 is 0. The molecule has 0 amide bonds. The van der Waals surface area contributed by atoms with Crippen LogP contribution in [0.2, 0.25) is 0 Å². The Morgan fingerprint density at radius 1 is 1.26 bits per heavy atom. The molecule has 0 aromatic heterocycles. The van der Waals surface area contributed by atoms with E-state index in [1.165, 1.54) is 31.2 Å². The molecule has 2 rings (SSSR count). The molecule has 19 heavy (non-hydrogen) atoms. The summed E-state index contributed by atoms with van der Waals surface area (Å²) in [7, 11) is 0. The number of hydrazine groups is 1. The number of hydrogen-bond acceptors (Lipinski definition) is 2. The lowest BCUT2D eigenvalue weighted by Crippen LogP contribution is -2.50. The second kappa shape index (κ2) is 6.88. The van der Waals surface area contributed by atoms with Gasteiger partial charge in [-0.15, -0.1) is 6.58 Å². The van der Waals surface area contributed by atoms with E-state index in [0.717, 1.165) is 19.3 Å². The SMILES string of the molecule is C=CCCCC(NN)C1(c2ccccc2)CCCC1. The molecule has 1 aromatic carbocycles. The molecule has 1 fully saturated rings. The van der Waals surface area contributed by atoms with Crippen LogP contribution in [0, 0.1) is 0 Å². The van der Waals surface area contributed by atoms with Crippen LogP contribution in [-0.4, -0.2) is 6.04 Å². The van der Waals surface area contributed by atoms with Crippen molar-refractivity contribution in [2.24, 2.45) is 5.84 Å². The zero-order valence-corrected chi connectivity index (χ0v) is 11.8. The fourth-order valence-corrected chi connectivity index (χ4v) is 3.60. The van der Waals surface area contributed by atoms with E-state index < -0.39 is 0 Å². The molecule has 0 radical (unpaired) electrons. The van der Waals surface area contributed by atoms with E-state index in [0.29, 0.717) is 6.04 Å². The van der Waals surface area contributed by atoms with E-state index in [4.69, 9.17) is 5.84 Å². The van der Waals surface area contributed by atoms with Crippen molar-refractivity contribution in [1.82, 2.24) is 5.43 Å². The Morgan fingerprint density at radius 3 is 2.53 bits per heavy atom. The first-order valence-corrected chi connectivity index (χ1v) is 7.46. The van der Waals surface area contributed by atoms with Gasteiger partial charge in [0.15, 0.2) is 0 Å². The van der Waals surface area contributed by atoms with Crippen molar-refractivity contribution in [1.29, 1.82) is 0 Å². The lowest BCUT2D eigenvalue weighted by atomic mass is 9.71. The highest BCUT2D eigenvalue weighted by Crippen LogP contribution is 2.44. The summed E-state index contributed by atoms with van der Waals surface area (Å²) in [6.07, 6.45) is 10.5. The van der Waals surface area contributed by atoms with Crippen molar-refractivity contribution in [2.45, 2.75) is 56.4 Å². The van der Waals surface area contributed by atoms with Gasteiger partial charge in [-0.3, -0.25) is 11.3 Å². The summed E-state index contributed by atoms with van der Waals surface area (Å²) in [6.45, 7) is 3.80. The maximum Gasteiger partial charge on any atom is 0.0307 e. The Balaban J connectivity index is 2.20. The Morgan fingerprint density at radius 2 is 1.95 bits per heavy atom. The predicted octanol–water partition coefficient (Wildman–Crippen LogP) is 3.69. The van der Waals surface area contributed by atoms with Gasteiger partial charge in [0.25, 0.3) is 0 Å². The third kappa shape index (κ3) is 3.07. The predicted molar refractivity (Wildman–Crippen MR) is 81.7 cm³/mol. The van der Waals surface area contributed by atoms with Crippen molar-refractivity contribution in [3.8, 4) is 0 Å². The van der Waals surface area contributed by atoms with Crippen molar-refractivity contribution in [3.63, 3.8) is 0 Å². The molecule has 0 bridgehead atoms. The van der Waals surface area contributed by atoms with Crippen LogP contribution in [0.4, 0.5) is 0 Å². The maximum atomic E-state index is 5.88. The first-order valence-electron chi connectivity index (χ1n) is 7.46. The minimum absolute atomic E-state index is 0.233. The Hall–Kier alpha value is -1.12. The number of hydrogen-bond donors (Lipinski definition) is 2. The van der Waals surface area contributed by atoms with Gasteiger partial charge in [0, 0.05) is 11.5 Å². The highest BCUT2D eigenvalue weighted by Gasteiger charge is 2.41. The number of nitrogens with two attached hydrogens (primary N) is 1. The molecule has 1 aliphatic rings. The van der Waals surface area contributed by atoms with Crippen molar-refractivity contribution < 1.29 is 0 Å². The zero-order valence-electron chi connectivity index (χ0n) is 11.8. The molecule has 0 aliphatic heterocycles. The molecular weight excluding hydrogens is 232 g/mol. The molecule has 0 spiro atoms. The standard InChI is InChI=1S/C17H26N2/c1-2-3-5-12-16(19-18)17(13-8-9-14-17)15-10-6-4-7-11-15/h2,4,6-7,10-11,16,19H,1,3,5,8-9,12-14,18H2. The Kier molecular flexibility index (Phi) is 5.17. The summed E-state index contributed by atoms with van der Waals surface area (Å²) in [5.74, 6) is 5.88. The van der Waals surface area contributed by atoms with Gasteiger partial charge in [-0.25, -0.2) is 0 Å². The normalized spacial score (nSPS) is 19.2. The van der Waals surface area contributed by atoms with Crippen LogP contribution in [0.1, 0.15) is 50.5 Å². The lowest BCUT2D eigenvalue weighted by Gasteiger charge is -2.38. The van der Waals surface area contributed by atoms with E-state index in [-0.39, 0.29) is 5.41 Å². The Labute approximate surface area is 117 Å². The second-order valence-corrected chi connectivity index (χ2v) is 5.67. The van der Waals surface area contributed by atoms with Crippen LogP contribution in [0.15, 0.2) is 43.0 Å². The highest BCUT2D eigenvalue weighted by molar-refractivity contribution is 5.29. The molecule has 2 heteroatoms. The zero-order chi connectivity index (χ0) is 13.6. The topological polar surface area (TPSA) is 38.0 Å². The molecule has 1 aromatic rings. The summed E-state index contributed by atoms with van der Waals surface area (Å²) in [5.41, 5.74) is 4.79. The largest absolute Gasteiger partial charge is 0.271 e. The first kappa shape index (κ1) is 14.3. The second-order valence-electron chi connectivity index (χ2n) is 5.67. The monoisotopic (exact) mass is 258 g/mol. The summed E-state index contributed by atoms with van der Waals surface area (Å²) in [6, 6.07) is 11.3. The van der Waals surface area contributed by atoms with Gasteiger partial charge >= 0.3 is 0 Å². The van der Waals surface area contributed by atoms with Crippen molar-refractivity contribution in [3.05, 3.63) is 48.6 Å². The molecule has 1 unspecified atom stereocenters. The quantitative estimate of drug-likeness (QED) is 0.339. The molecule has 2 nitrogen and oxygen atoms in total. The number of rotatable bonds is 7. The molecule has 1 atom stereocenters. The fraction of sp³-hybridized carbons (Fsp3) is 0.529. The third-order valence-corrected chi connectivity index (χ3v) is 4.61. The van der Waals surface area contributed by atoms with Gasteiger partial charge in [-0.05, 0) is 37.7 Å². The molecule has 1 saturated carbocycles. The van der Waals surface area contributed by atoms with Crippen LogP contribution in [0.3, 0.4) is 0 Å². The van der Waals surface area contributed by atoms with Crippen molar-refractivity contribution >= 4 is 0 Å². The average molecular weight is 258 g/mol. The molecule has 104 valence electrons. The smallest absolute Gasteiger partial charge is 0.0307 e. The molecule has 0 saturated heterocycles. The number of nitrogens with one attached hydrogen (secondary N) is 1. The van der Waals surface area contributed by atoms with Crippen LogP contribution in [0.25, 0.3) is 0 Å². The number of allylic oxidation sites excluding steroid dienone is 1. The fourth-order valence-electron chi connectivity index (χ4n) is 3.60. The first-order chi connectivity index (χ1) is 9.33. The van der Waals surface area contributed by atoms with E-state index in [2.05, 4.69) is 42.3 Å². The van der Waals surface area contributed by atoms with E-state index in [1.54, 1.807) is 0 Å². The highest BCUT2D eigenvalue weighted by atomic mass is 15.2. The molecule has 1 aliphatic carbocycles.